The number of rotatable bonds is 4. The number of ether oxygens (including phenoxy) is 1. The second-order valence-electron chi connectivity index (χ2n) is 5.27. The van der Waals surface area contributed by atoms with Crippen molar-refractivity contribution >= 4 is 11.6 Å². The summed E-state index contributed by atoms with van der Waals surface area (Å²) in [4.78, 5) is 12.2. The molecule has 0 saturated carbocycles. The maximum Gasteiger partial charge on any atom is 0.387 e. The van der Waals surface area contributed by atoms with Crippen LogP contribution in [0.25, 0.3) is 0 Å². The van der Waals surface area contributed by atoms with Crippen LogP contribution in [0.2, 0.25) is 0 Å². The normalized spacial score (nSPS) is 13.5. The number of aromatic nitrogens is 2. The molecule has 3 rings (SSSR count). The van der Waals surface area contributed by atoms with Gasteiger partial charge in [-0.2, -0.15) is 13.9 Å². The van der Waals surface area contributed by atoms with E-state index in [1.165, 1.54) is 24.3 Å². The lowest BCUT2D eigenvalue weighted by atomic mass is 9.96. The molecule has 2 aromatic rings. The van der Waals surface area contributed by atoms with Gasteiger partial charge in [-0.25, -0.2) is 0 Å². The van der Waals surface area contributed by atoms with Gasteiger partial charge in [-0.1, -0.05) is 0 Å². The van der Waals surface area contributed by atoms with Gasteiger partial charge in [0.1, 0.15) is 5.75 Å². The van der Waals surface area contributed by atoms with Crippen LogP contribution in [0, 0.1) is 0 Å². The van der Waals surface area contributed by atoms with Gasteiger partial charge in [0.15, 0.2) is 5.69 Å². The number of nitrogens with zero attached hydrogens (tertiary/aromatic N) is 2. The first-order valence-electron chi connectivity index (χ1n) is 7.33. The number of halogens is 2. The van der Waals surface area contributed by atoms with Crippen molar-refractivity contribution in [1.82, 2.24) is 10.2 Å². The first-order valence-corrected chi connectivity index (χ1v) is 7.33. The standard InChI is InChI=1S/C16H15F2N3O2/c17-16(18)23-12-7-5-11(6-8-12)19-15(22)14-9-10-3-1-2-4-13(10)20-21-14/h5-9,16H,1-4H2,(H,19,22). The number of benzene rings is 1. The van der Waals surface area contributed by atoms with Gasteiger partial charge in [0.2, 0.25) is 0 Å². The number of nitrogens with one attached hydrogen (secondary N) is 1. The molecule has 0 fully saturated rings. The van der Waals surface area contributed by atoms with Crippen LogP contribution in [0.1, 0.15) is 34.6 Å². The average Bonchev–Trinajstić information content (AvgIpc) is 2.55. The van der Waals surface area contributed by atoms with Gasteiger partial charge in [0, 0.05) is 5.69 Å². The van der Waals surface area contributed by atoms with Crippen LogP contribution < -0.4 is 10.1 Å². The van der Waals surface area contributed by atoms with Crippen LogP contribution >= 0.6 is 0 Å². The zero-order valence-electron chi connectivity index (χ0n) is 12.3. The molecule has 0 saturated heterocycles. The third-order valence-electron chi connectivity index (χ3n) is 3.64. The quantitative estimate of drug-likeness (QED) is 0.940. The third kappa shape index (κ3) is 3.80. The minimum Gasteiger partial charge on any atom is -0.435 e. The van der Waals surface area contributed by atoms with Crippen molar-refractivity contribution in [2.24, 2.45) is 0 Å². The summed E-state index contributed by atoms with van der Waals surface area (Å²) in [5.41, 5.74) is 2.74. The van der Waals surface area contributed by atoms with Gasteiger partial charge in [0.05, 0.1) is 5.69 Å². The van der Waals surface area contributed by atoms with Crippen molar-refractivity contribution in [2.45, 2.75) is 32.3 Å². The first-order chi connectivity index (χ1) is 11.1. The van der Waals surface area contributed by atoms with E-state index in [0.717, 1.165) is 36.9 Å². The number of fused-ring (bicyclic) bond motifs is 1. The van der Waals surface area contributed by atoms with E-state index in [1.54, 1.807) is 6.07 Å². The Morgan fingerprint density at radius 2 is 1.87 bits per heavy atom. The Labute approximate surface area is 131 Å². The minimum atomic E-state index is -2.87. The van der Waals surface area contributed by atoms with E-state index in [0.29, 0.717) is 5.69 Å². The van der Waals surface area contributed by atoms with Crippen molar-refractivity contribution in [3.05, 3.63) is 47.3 Å². The van der Waals surface area contributed by atoms with E-state index in [-0.39, 0.29) is 17.4 Å². The molecule has 5 nitrogen and oxygen atoms in total. The van der Waals surface area contributed by atoms with Crippen LogP contribution in [0.3, 0.4) is 0 Å². The molecule has 0 bridgehead atoms. The van der Waals surface area contributed by atoms with Crippen LogP contribution in [-0.4, -0.2) is 22.7 Å². The van der Waals surface area contributed by atoms with E-state index < -0.39 is 6.61 Å². The molecule has 0 aliphatic heterocycles. The van der Waals surface area contributed by atoms with Crippen molar-refractivity contribution in [2.75, 3.05) is 5.32 Å². The number of hydrogen-bond donors (Lipinski definition) is 1. The summed E-state index contributed by atoms with van der Waals surface area (Å²) in [5.74, 6) is -0.347. The number of hydrogen-bond acceptors (Lipinski definition) is 4. The summed E-state index contributed by atoms with van der Waals surface area (Å²) >= 11 is 0. The maximum atomic E-state index is 12.2. The molecule has 0 spiro atoms. The summed E-state index contributed by atoms with van der Waals surface area (Å²) in [6, 6.07) is 7.47. The molecule has 1 heterocycles. The predicted molar refractivity (Wildman–Crippen MR) is 79.7 cm³/mol. The van der Waals surface area contributed by atoms with Crippen LogP contribution in [0.5, 0.6) is 5.75 Å². The van der Waals surface area contributed by atoms with E-state index in [1.807, 2.05) is 0 Å². The molecule has 0 atom stereocenters. The van der Waals surface area contributed by atoms with Gasteiger partial charge in [-0.3, -0.25) is 4.79 Å². The Morgan fingerprint density at radius 1 is 1.13 bits per heavy atom. The molecule has 1 aliphatic rings. The lowest BCUT2D eigenvalue weighted by Gasteiger charge is -2.14. The summed E-state index contributed by atoms with van der Waals surface area (Å²) in [5, 5.41) is 10.7. The molecule has 1 aromatic heterocycles. The summed E-state index contributed by atoms with van der Waals surface area (Å²) in [6.07, 6.45) is 3.99. The van der Waals surface area contributed by atoms with Gasteiger partial charge < -0.3 is 10.1 Å². The predicted octanol–water partition coefficient (Wildman–Crippen LogP) is 3.21. The Morgan fingerprint density at radius 3 is 2.61 bits per heavy atom. The van der Waals surface area contributed by atoms with E-state index >= 15 is 0 Å². The topological polar surface area (TPSA) is 64.1 Å². The largest absolute Gasteiger partial charge is 0.435 e. The molecular weight excluding hydrogens is 304 g/mol. The number of alkyl halides is 2. The van der Waals surface area contributed by atoms with Gasteiger partial charge >= 0.3 is 6.61 Å². The van der Waals surface area contributed by atoms with E-state index in [9.17, 15) is 13.6 Å². The molecule has 0 radical (unpaired) electrons. The molecule has 0 unspecified atom stereocenters. The van der Waals surface area contributed by atoms with Crippen LogP contribution in [-0.2, 0) is 12.8 Å². The van der Waals surface area contributed by atoms with Crippen molar-refractivity contribution in [1.29, 1.82) is 0 Å². The van der Waals surface area contributed by atoms with Gasteiger partial charge in [0.25, 0.3) is 5.91 Å². The van der Waals surface area contributed by atoms with Crippen molar-refractivity contribution in [3.8, 4) is 5.75 Å². The van der Waals surface area contributed by atoms with Crippen LogP contribution in [0.15, 0.2) is 30.3 Å². The highest BCUT2D eigenvalue weighted by Crippen LogP contribution is 2.20. The average molecular weight is 319 g/mol. The molecule has 120 valence electrons. The van der Waals surface area contributed by atoms with E-state index in [4.69, 9.17) is 0 Å². The number of amides is 1. The first kappa shape index (κ1) is 15.3. The zero-order chi connectivity index (χ0) is 16.2. The Balaban J connectivity index is 1.69. The molecule has 1 aliphatic carbocycles. The lowest BCUT2D eigenvalue weighted by Crippen LogP contribution is -2.17. The Bertz CT molecular complexity index is 705. The summed E-state index contributed by atoms with van der Waals surface area (Å²) < 4.78 is 28.4. The Kier molecular flexibility index (Phi) is 4.45. The summed E-state index contributed by atoms with van der Waals surface area (Å²) in [7, 11) is 0. The molecule has 1 N–H and O–H groups in total. The second kappa shape index (κ2) is 6.68. The molecule has 1 aromatic carbocycles. The SMILES string of the molecule is O=C(Nc1ccc(OC(F)F)cc1)c1cc2c(nn1)CCCC2. The molecule has 23 heavy (non-hydrogen) atoms. The number of carbonyl (C=O) groups is 1. The fraction of sp³-hybridized carbons (Fsp3) is 0.312. The van der Waals surface area contributed by atoms with Crippen LogP contribution in [0.4, 0.5) is 14.5 Å². The Hall–Kier alpha value is -2.57. The molecular formula is C16H15F2N3O2. The van der Waals surface area contributed by atoms with Gasteiger partial charge in [-0.05, 0) is 61.6 Å². The smallest absolute Gasteiger partial charge is 0.387 e. The highest BCUT2D eigenvalue weighted by Gasteiger charge is 2.16. The van der Waals surface area contributed by atoms with Crippen molar-refractivity contribution in [3.63, 3.8) is 0 Å². The number of anilines is 1. The fourth-order valence-corrected chi connectivity index (χ4v) is 2.52. The monoisotopic (exact) mass is 319 g/mol. The minimum absolute atomic E-state index is 0.0339. The number of aryl methyl sites for hydroxylation is 2. The highest BCUT2D eigenvalue weighted by atomic mass is 19.3. The number of carbonyl (C=O) groups excluding carboxylic acids is 1. The zero-order valence-corrected chi connectivity index (χ0v) is 12.3. The molecule has 1 amide bonds. The van der Waals surface area contributed by atoms with Gasteiger partial charge in [-0.15, -0.1) is 5.10 Å². The summed E-state index contributed by atoms with van der Waals surface area (Å²) in [6.45, 7) is -2.87. The third-order valence-corrected chi connectivity index (χ3v) is 3.64. The lowest BCUT2D eigenvalue weighted by molar-refractivity contribution is -0.0498. The fourth-order valence-electron chi connectivity index (χ4n) is 2.52. The van der Waals surface area contributed by atoms with E-state index in [2.05, 4.69) is 20.3 Å². The van der Waals surface area contributed by atoms with Crippen molar-refractivity contribution < 1.29 is 18.3 Å². The highest BCUT2D eigenvalue weighted by molar-refractivity contribution is 6.02. The molecule has 7 heteroatoms. The maximum absolute atomic E-state index is 12.2. The second-order valence-corrected chi connectivity index (χ2v) is 5.27.